The molecule has 0 unspecified atom stereocenters. The van der Waals surface area contributed by atoms with E-state index in [-0.39, 0.29) is 12.3 Å². The van der Waals surface area contributed by atoms with Crippen LogP contribution >= 0.6 is 0 Å². The van der Waals surface area contributed by atoms with E-state index in [1.165, 1.54) is 25.7 Å². The molecule has 0 aromatic carbocycles. The fraction of sp³-hybridized carbons (Fsp3) is 0.833. The molecule has 134 valence electrons. The van der Waals surface area contributed by atoms with Gasteiger partial charge in [0, 0.05) is 25.9 Å². The summed E-state index contributed by atoms with van der Waals surface area (Å²) in [5, 5.41) is 22.0. The summed E-state index contributed by atoms with van der Waals surface area (Å²) < 4.78 is 2.26. The summed E-state index contributed by atoms with van der Waals surface area (Å²) in [4.78, 5) is 12.1. The molecule has 0 bridgehead atoms. The van der Waals surface area contributed by atoms with Crippen LogP contribution in [-0.4, -0.2) is 37.9 Å². The first-order chi connectivity index (χ1) is 11.7. The minimum Gasteiger partial charge on any atom is -0.389 e. The average molecular weight is 334 g/mol. The van der Waals surface area contributed by atoms with Gasteiger partial charge in [0.2, 0.25) is 5.91 Å². The van der Waals surface area contributed by atoms with Crippen LogP contribution in [0.15, 0.2) is 0 Å². The Bertz CT molecular complexity index is 549. The van der Waals surface area contributed by atoms with Crippen molar-refractivity contribution < 1.29 is 9.90 Å². The standard InChI is InChI=1S/C18H30N4O2/c23-17(14-18(24)10-4-2-5-11-18)19-12-7-9-16-21-20-15-8-3-1-6-13-22(15)16/h24H,1-14H2,(H,19,23). The summed E-state index contributed by atoms with van der Waals surface area (Å²) in [6.45, 7) is 1.66. The first-order valence-electron chi connectivity index (χ1n) is 9.56. The molecule has 1 saturated carbocycles. The van der Waals surface area contributed by atoms with Crippen LogP contribution in [0.25, 0.3) is 0 Å². The molecule has 1 aliphatic carbocycles. The van der Waals surface area contributed by atoms with E-state index in [9.17, 15) is 9.90 Å². The van der Waals surface area contributed by atoms with Gasteiger partial charge in [-0.3, -0.25) is 4.79 Å². The highest BCUT2D eigenvalue weighted by atomic mass is 16.3. The maximum Gasteiger partial charge on any atom is 0.222 e. The van der Waals surface area contributed by atoms with Crippen molar-refractivity contribution in [3.8, 4) is 0 Å². The zero-order chi connectivity index (χ0) is 16.8. The minimum atomic E-state index is -0.771. The normalized spacial score (nSPS) is 20.2. The number of carbonyl (C=O) groups is 1. The van der Waals surface area contributed by atoms with Crippen molar-refractivity contribution in [2.75, 3.05) is 6.54 Å². The number of amides is 1. The number of nitrogens with one attached hydrogen (secondary N) is 1. The molecule has 2 heterocycles. The Morgan fingerprint density at radius 2 is 1.92 bits per heavy atom. The predicted octanol–water partition coefficient (Wildman–Crippen LogP) is 2.14. The summed E-state index contributed by atoms with van der Waals surface area (Å²) in [7, 11) is 0. The van der Waals surface area contributed by atoms with Crippen LogP contribution in [0.4, 0.5) is 0 Å². The van der Waals surface area contributed by atoms with Crippen molar-refractivity contribution >= 4 is 5.91 Å². The summed E-state index contributed by atoms with van der Waals surface area (Å²) in [5.41, 5.74) is -0.771. The van der Waals surface area contributed by atoms with Crippen LogP contribution in [0.5, 0.6) is 0 Å². The first kappa shape index (κ1) is 17.4. The molecule has 0 saturated heterocycles. The molecule has 1 aromatic rings. The number of hydrogen-bond donors (Lipinski definition) is 2. The SMILES string of the molecule is O=C(CC1(O)CCCCC1)NCCCc1nnc2n1CCCCC2. The summed E-state index contributed by atoms with van der Waals surface area (Å²) in [5.74, 6) is 2.14. The first-order valence-corrected chi connectivity index (χ1v) is 9.56. The lowest BCUT2D eigenvalue weighted by Crippen LogP contribution is -2.38. The van der Waals surface area contributed by atoms with E-state index < -0.39 is 5.60 Å². The van der Waals surface area contributed by atoms with E-state index in [0.29, 0.717) is 6.54 Å². The molecule has 6 heteroatoms. The smallest absolute Gasteiger partial charge is 0.222 e. The van der Waals surface area contributed by atoms with Gasteiger partial charge in [-0.2, -0.15) is 0 Å². The van der Waals surface area contributed by atoms with Crippen molar-refractivity contribution in [2.24, 2.45) is 0 Å². The van der Waals surface area contributed by atoms with Crippen LogP contribution in [0.3, 0.4) is 0 Å². The number of aliphatic hydroxyl groups is 1. The molecule has 1 aromatic heterocycles. The number of nitrogens with zero attached hydrogens (tertiary/aromatic N) is 3. The van der Waals surface area contributed by atoms with Crippen LogP contribution < -0.4 is 5.32 Å². The molecule has 24 heavy (non-hydrogen) atoms. The number of aromatic nitrogens is 3. The third-order valence-corrected chi connectivity index (χ3v) is 5.36. The van der Waals surface area contributed by atoms with Gasteiger partial charge < -0.3 is 15.0 Å². The van der Waals surface area contributed by atoms with E-state index in [0.717, 1.165) is 63.1 Å². The number of rotatable bonds is 6. The van der Waals surface area contributed by atoms with Gasteiger partial charge in [0.1, 0.15) is 11.6 Å². The monoisotopic (exact) mass is 334 g/mol. The maximum atomic E-state index is 12.1. The van der Waals surface area contributed by atoms with Gasteiger partial charge in [-0.25, -0.2) is 0 Å². The zero-order valence-electron chi connectivity index (χ0n) is 14.6. The maximum absolute atomic E-state index is 12.1. The molecule has 0 spiro atoms. The van der Waals surface area contributed by atoms with E-state index in [1.807, 2.05) is 0 Å². The van der Waals surface area contributed by atoms with Gasteiger partial charge in [-0.05, 0) is 32.1 Å². The molecule has 1 amide bonds. The van der Waals surface area contributed by atoms with Gasteiger partial charge in [0.25, 0.3) is 0 Å². The lowest BCUT2D eigenvalue weighted by atomic mass is 9.82. The molecule has 6 nitrogen and oxygen atoms in total. The second-order valence-electron chi connectivity index (χ2n) is 7.41. The van der Waals surface area contributed by atoms with Gasteiger partial charge in [0.05, 0.1) is 12.0 Å². The Morgan fingerprint density at radius 1 is 1.12 bits per heavy atom. The Balaban J connectivity index is 1.39. The van der Waals surface area contributed by atoms with Crippen LogP contribution in [0, 0.1) is 0 Å². The van der Waals surface area contributed by atoms with Crippen molar-refractivity contribution in [3.63, 3.8) is 0 Å². The zero-order valence-corrected chi connectivity index (χ0v) is 14.6. The average Bonchev–Trinajstić information content (AvgIpc) is 2.78. The molecule has 1 fully saturated rings. The Morgan fingerprint density at radius 3 is 2.75 bits per heavy atom. The van der Waals surface area contributed by atoms with Gasteiger partial charge in [-0.1, -0.05) is 25.7 Å². The number of hydrogen-bond acceptors (Lipinski definition) is 4. The highest BCUT2D eigenvalue weighted by Gasteiger charge is 2.31. The van der Waals surface area contributed by atoms with Crippen LogP contribution in [0.2, 0.25) is 0 Å². The van der Waals surface area contributed by atoms with Crippen molar-refractivity contribution in [3.05, 3.63) is 11.6 Å². The molecule has 3 rings (SSSR count). The van der Waals surface area contributed by atoms with E-state index in [2.05, 4.69) is 20.1 Å². The van der Waals surface area contributed by atoms with Crippen molar-refractivity contribution in [1.82, 2.24) is 20.1 Å². The molecular weight excluding hydrogens is 304 g/mol. The Labute approximate surface area is 144 Å². The molecule has 1 aliphatic heterocycles. The summed E-state index contributed by atoms with van der Waals surface area (Å²) in [6, 6.07) is 0. The van der Waals surface area contributed by atoms with Crippen molar-refractivity contribution in [1.29, 1.82) is 0 Å². The van der Waals surface area contributed by atoms with E-state index in [1.54, 1.807) is 0 Å². The van der Waals surface area contributed by atoms with Gasteiger partial charge in [0.15, 0.2) is 0 Å². The van der Waals surface area contributed by atoms with E-state index >= 15 is 0 Å². The third-order valence-electron chi connectivity index (χ3n) is 5.36. The Hall–Kier alpha value is -1.43. The fourth-order valence-electron chi connectivity index (χ4n) is 3.95. The second-order valence-corrected chi connectivity index (χ2v) is 7.41. The van der Waals surface area contributed by atoms with Crippen LogP contribution in [-0.2, 0) is 24.2 Å². The Kier molecular flexibility index (Phi) is 5.87. The van der Waals surface area contributed by atoms with Crippen molar-refractivity contribution in [2.45, 2.75) is 89.2 Å². The summed E-state index contributed by atoms with van der Waals surface area (Å²) in [6.07, 6.45) is 11.4. The van der Waals surface area contributed by atoms with E-state index in [4.69, 9.17) is 0 Å². The predicted molar refractivity (Wildman–Crippen MR) is 91.6 cm³/mol. The highest BCUT2D eigenvalue weighted by molar-refractivity contribution is 5.76. The molecule has 0 radical (unpaired) electrons. The molecule has 2 N–H and O–H groups in total. The third kappa shape index (κ3) is 4.56. The summed E-state index contributed by atoms with van der Waals surface area (Å²) >= 11 is 0. The largest absolute Gasteiger partial charge is 0.389 e. The topological polar surface area (TPSA) is 80.0 Å². The molecular formula is C18H30N4O2. The quantitative estimate of drug-likeness (QED) is 0.781. The fourth-order valence-corrected chi connectivity index (χ4v) is 3.95. The molecule has 2 aliphatic rings. The molecule has 0 atom stereocenters. The van der Waals surface area contributed by atoms with Gasteiger partial charge in [-0.15, -0.1) is 10.2 Å². The number of carbonyl (C=O) groups excluding carboxylic acids is 1. The lowest BCUT2D eigenvalue weighted by molar-refractivity contribution is -0.127. The van der Waals surface area contributed by atoms with Gasteiger partial charge >= 0.3 is 0 Å². The minimum absolute atomic E-state index is 0.0283. The second kappa shape index (κ2) is 8.10. The number of aryl methyl sites for hydroxylation is 2. The number of fused-ring (bicyclic) bond motifs is 1. The lowest BCUT2D eigenvalue weighted by Gasteiger charge is -2.31. The van der Waals surface area contributed by atoms with Crippen LogP contribution in [0.1, 0.15) is 75.9 Å². The highest BCUT2D eigenvalue weighted by Crippen LogP contribution is 2.30.